The lowest BCUT2D eigenvalue weighted by Gasteiger charge is -2.34. The molecule has 0 atom stereocenters. The number of benzene rings is 1. The Kier molecular flexibility index (Phi) is 6.13. The molecular weight excluding hydrogens is 406 g/mol. The summed E-state index contributed by atoms with van der Waals surface area (Å²) in [5.74, 6) is 0.292. The first kappa shape index (κ1) is 19.4. The van der Waals surface area contributed by atoms with E-state index in [1.54, 1.807) is 6.08 Å². The molecule has 1 aromatic carbocycles. The lowest BCUT2D eigenvalue weighted by molar-refractivity contribution is 0.102. The topological polar surface area (TPSA) is 64.3 Å². The van der Waals surface area contributed by atoms with E-state index >= 15 is 0 Å². The Hall–Kier alpha value is -2.38. The summed E-state index contributed by atoms with van der Waals surface area (Å²) in [7, 11) is 2.14. The number of H-pyrrole nitrogens is 1. The van der Waals surface area contributed by atoms with Gasteiger partial charge in [-0.1, -0.05) is 22.5 Å². The molecule has 3 rings (SSSR count). The Morgan fingerprint density at radius 1 is 1.26 bits per heavy atom. The van der Waals surface area contributed by atoms with Gasteiger partial charge in [0.25, 0.3) is 5.91 Å². The SMILES string of the molecule is C=Cc1[nH]nc(NC(=O)c2ccc(N3CCN(C)CC3)cc2)c1/C=C(\C)Br. The van der Waals surface area contributed by atoms with E-state index in [1.165, 1.54) is 0 Å². The summed E-state index contributed by atoms with van der Waals surface area (Å²) in [5.41, 5.74) is 3.30. The maximum absolute atomic E-state index is 12.6. The zero-order chi connectivity index (χ0) is 19.4. The molecule has 0 radical (unpaired) electrons. The highest BCUT2D eigenvalue weighted by Gasteiger charge is 2.16. The van der Waals surface area contributed by atoms with E-state index in [4.69, 9.17) is 0 Å². The number of aromatic nitrogens is 2. The summed E-state index contributed by atoms with van der Waals surface area (Å²) in [5, 5.41) is 9.96. The number of carbonyl (C=O) groups is 1. The number of piperazine rings is 1. The zero-order valence-corrected chi connectivity index (χ0v) is 17.2. The van der Waals surface area contributed by atoms with Crippen molar-refractivity contribution in [3.05, 3.63) is 52.1 Å². The molecule has 1 saturated heterocycles. The molecule has 0 aliphatic carbocycles. The molecule has 2 N–H and O–H groups in total. The van der Waals surface area contributed by atoms with Crippen LogP contribution >= 0.6 is 15.9 Å². The van der Waals surface area contributed by atoms with E-state index < -0.39 is 0 Å². The van der Waals surface area contributed by atoms with Gasteiger partial charge in [-0.05, 0) is 54.9 Å². The molecule has 1 amide bonds. The van der Waals surface area contributed by atoms with Crippen LogP contribution in [0.4, 0.5) is 11.5 Å². The summed E-state index contributed by atoms with van der Waals surface area (Å²) in [6.07, 6.45) is 3.57. The highest BCUT2D eigenvalue weighted by molar-refractivity contribution is 9.11. The molecule has 7 heteroatoms. The number of hydrogen-bond acceptors (Lipinski definition) is 4. The van der Waals surface area contributed by atoms with Gasteiger partial charge in [0.05, 0.1) is 5.69 Å². The number of rotatable bonds is 5. The largest absolute Gasteiger partial charge is 0.369 e. The van der Waals surface area contributed by atoms with Crippen LogP contribution in [0, 0.1) is 0 Å². The average Bonchev–Trinajstić information content (AvgIpc) is 3.03. The fourth-order valence-corrected chi connectivity index (χ4v) is 3.26. The Labute approximate surface area is 168 Å². The van der Waals surface area contributed by atoms with Crippen molar-refractivity contribution >= 4 is 45.5 Å². The Morgan fingerprint density at radius 3 is 2.52 bits per heavy atom. The van der Waals surface area contributed by atoms with Crippen LogP contribution in [0.15, 0.2) is 35.3 Å². The third-order valence-electron chi connectivity index (χ3n) is 4.61. The fraction of sp³-hybridized carbons (Fsp3) is 0.300. The number of carbonyl (C=O) groups excluding carboxylic acids is 1. The molecule has 1 aliphatic rings. The van der Waals surface area contributed by atoms with E-state index in [2.05, 4.69) is 54.9 Å². The minimum absolute atomic E-state index is 0.191. The second kappa shape index (κ2) is 8.54. The molecule has 2 heterocycles. The molecule has 0 spiro atoms. The highest BCUT2D eigenvalue weighted by Crippen LogP contribution is 2.24. The van der Waals surface area contributed by atoms with Crippen molar-refractivity contribution in [2.45, 2.75) is 6.92 Å². The highest BCUT2D eigenvalue weighted by atomic mass is 79.9. The summed E-state index contributed by atoms with van der Waals surface area (Å²) in [6.45, 7) is 9.80. The van der Waals surface area contributed by atoms with Crippen LogP contribution < -0.4 is 10.2 Å². The van der Waals surface area contributed by atoms with Gasteiger partial charge in [0.15, 0.2) is 5.82 Å². The monoisotopic (exact) mass is 429 g/mol. The van der Waals surface area contributed by atoms with Gasteiger partial charge in [0.1, 0.15) is 0 Å². The summed E-state index contributed by atoms with van der Waals surface area (Å²) < 4.78 is 0.930. The third-order valence-corrected chi connectivity index (χ3v) is 4.84. The summed E-state index contributed by atoms with van der Waals surface area (Å²) in [6, 6.07) is 7.72. The number of allylic oxidation sites excluding steroid dienone is 1. The van der Waals surface area contributed by atoms with E-state index in [9.17, 15) is 4.79 Å². The standard InChI is InChI=1S/C20H24BrN5O/c1-4-18-17(13-14(2)21)19(24-23-18)22-20(27)15-5-7-16(8-6-15)26-11-9-25(3)10-12-26/h4-8,13H,1,9-12H2,2-3H3,(H2,22,23,24,27)/b14-13+. The van der Waals surface area contributed by atoms with E-state index in [-0.39, 0.29) is 5.91 Å². The molecule has 2 aromatic rings. The third kappa shape index (κ3) is 4.67. The van der Waals surface area contributed by atoms with Gasteiger partial charge in [-0.2, -0.15) is 5.10 Å². The van der Waals surface area contributed by atoms with Crippen LogP contribution in [0.25, 0.3) is 12.2 Å². The normalized spacial score (nSPS) is 15.7. The molecule has 1 aliphatic heterocycles. The second-order valence-corrected chi connectivity index (χ2v) is 7.88. The minimum Gasteiger partial charge on any atom is -0.369 e. The first-order chi connectivity index (χ1) is 13.0. The van der Waals surface area contributed by atoms with Crippen LogP contribution in [0.2, 0.25) is 0 Å². The first-order valence-corrected chi connectivity index (χ1v) is 9.66. The van der Waals surface area contributed by atoms with Crippen LogP contribution in [0.1, 0.15) is 28.5 Å². The molecule has 142 valence electrons. The van der Waals surface area contributed by atoms with Crippen LogP contribution in [0.5, 0.6) is 0 Å². The van der Waals surface area contributed by atoms with Crippen molar-refractivity contribution in [1.29, 1.82) is 0 Å². The fourth-order valence-electron chi connectivity index (χ4n) is 3.03. The molecule has 0 bridgehead atoms. The lowest BCUT2D eigenvalue weighted by atomic mass is 10.1. The first-order valence-electron chi connectivity index (χ1n) is 8.87. The number of anilines is 2. The molecule has 1 aromatic heterocycles. The maximum Gasteiger partial charge on any atom is 0.256 e. The van der Waals surface area contributed by atoms with Gasteiger partial charge in [0.2, 0.25) is 0 Å². The van der Waals surface area contributed by atoms with Crippen molar-refractivity contribution in [2.24, 2.45) is 0 Å². The Balaban J connectivity index is 1.73. The van der Waals surface area contributed by atoms with Crippen molar-refractivity contribution in [1.82, 2.24) is 15.1 Å². The molecule has 1 fully saturated rings. The van der Waals surface area contributed by atoms with Crippen molar-refractivity contribution in [3.63, 3.8) is 0 Å². The van der Waals surface area contributed by atoms with Crippen molar-refractivity contribution in [2.75, 3.05) is 43.4 Å². The number of halogens is 1. The van der Waals surface area contributed by atoms with Crippen LogP contribution in [-0.2, 0) is 0 Å². The van der Waals surface area contributed by atoms with E-state index in [1.807, 2.05) is 37.3 Å². The van der Waals surface area contributed by atoms with Crippen LogP contribution in [-0.4, -0.2) is 54.2 Å². The number of nitrogens with one attached hydrogen (secondary N) is 2. The van der Waals surface area contributed by atoms with Crippen molar-refractivity contribution < 1.29 is 4.79 Å². The average molecular weight is 430 g/mol. The van der Waals surface area contributed by atoms with Crippen molar-refractivity contribution in [3.8, 4) is 0 Å². The quantitative estimate of drug-likeness (QED) is 0.757. The number of amides is 1. The van der Waals surface area contributed by atoms with Gasteiger partial charge in [-0.3, -0.25) is 9.89 Å². The van der Waals surface area contributed by atoms with Gasteiger partial charge in [-0.25, -0.2) is 0 Å². The Bertz CT molecular complexity index is 844. The smallest absolute Gasteiger partial charge is 0.256 e. The minimum atomic E-state index is -0.191. The number of likely N-dealkylation sites (N-methyl/N-ethyl adjacent to an activating group) is 1. The van der Waals surface area contributed by atoms with Gasteiger partial charge in [-0.15, -0.1) is 0 Å². The Morgan fingerprint density at radius 2 is 1.93 bits per heavy atom. The van der Waals surface area contributed by atoms with Gasteiger partial charge in [0, 0.05) is 43.0 Å². The predicted octanol–water partition coefficient (Wildman–Crippen LogP) is 3.81. The molecule has 27 heavy (non-hydrogen) atoms. The molecule has 0 unspecified atom stereocenters. The second-order valence-electron chi connectivity index (χ2n) is 6.63. The zero-order valence-electron chi connectivity index (χ0n) is 15.6. The molecule has 0 saturated carbocycles. The van der Waals surface area contributed by atoms with Gasteiger partial charge < -0.3 is 15.1 Å². The summed E-state index contributed by atoms with van der Waals surface area (Å²) >= 11 is 3.42. The molecule has 6 nitrogen and oxygen atoms in total. The number of nitrogens with zero attached hydrogens (tertiary/aromatic N) is 3. The number of hydrogen-bond donors (Lipinski definition) is 2. The predicted molar refractivity (Wildman–Crippen MR) is 115 cm³/mol. The van der Waals surface area contributed by atoms with E-state index in [0.29, 0.717) is 11.4 Å². The van der Waals surface area contributed by atoms with Gasteiger partial charge >= 0.3 is 0 Å². The number of aromatic amines is 1. The van der Waals surface area contributed by atoms with E-state index in [0.717, 1.165) is 47.6 Å². The van der Waals surface area contributed by atoms with Crippen LogP contribution in [0.3, 0.4) is 0 Å². The summed E-state index contributed by atoms with van der Waals surface area (Å²) in [4.78, 5) is 17.3. The lowest BCUT2D eigenvalue weighted by Crippen LogP contribution is -2.44. The molecular formula is C20H24BrN5O. The maximum atomic E-state index is 12.6.